The van der Waals surface area contributed by atoms with Crippen molar-refractivity contribution in [1.82, 2.24) is 20.2 Å². The van der Waals surface area contributed by atoms with E-state index < -0.39 is 24.5 Å². The molecule has 138 valence electrons. The van der Waals surface area contributed by atoms with Crippen molar-refractivity contribution >= 4 is 39.5 Å². The van der Waals surface area contributed by atoms with Gasteiger partial charge in [-0.1, -0.05) is 0 Å². The van der Waals surface area contributed by atoms with E-state index in [-0.39, 0.29) is 10.4 Å². The smallest absolute Gasteiger partial charge is 0.349 e. The third kappa shape index (κ3) is 3.32. The highest BCUT2D eigenvalue weighted by Gasteiger charge is 2.24. The minimum absolute atomic E-state index is 0.149. The van der Waals surface area contributed by atoms with Gasteiger partial charge in [0, 0.05) is 19.5 Å². The summed E-state index contributed by atoms with van der Waals surface area (Å²) in [7, 11) is 0. The highest BCUT2D eigenvalue weighted by atomic mass is 32.1. The molecule has 0 saturated carbocycles. The summed E-state index contributed by atoms with van der Waals surface area (Å²) in [5.74, 6) is -0.730. The predicted molar refractivity (Wildman–Crippen MR) is 94.4 cm³/mol. The van der Waals surface area contributed by atoms with Crippen LogP contribution in [0.2, 0.25) is 0 Å². The van der Waals surface area contributed by atoms with Crippen molar-refractivity contribution < 1.29 is 19.1 Å². The Morgan fingerprint density at radius 1 is 1.35 bits per heavy atom. The molecular formula is C16H18N4O5S. The van der Waals surface area contributed by atoms with Gasteiger partial charge in [-0.05, 0) is 25.8 Å². The van der Waals surface area contributed by atoms with Crippen molar-refractivity contribution in [3.05, 3.63) is 26.6 Å². The van der Waals surface area contributed by atoms with Crippen LogP contribution in [0.3, 0.4) is 0 Å². The molecule has 2 N–H and O–H groups in total. The first kappa shape index (κ1) is 18.1. The second-order valence-electron chi connectivity index (χ2n) is 5.81. The Kier molecular flexibility index (Phi) is 5.03. The van der Waals surface area contributed by atoms with Crippen molar-refractivity contribution in [3.8, 4) is 0 Å². The maximum atomic E-state index is 12.6. The van der Waals surface area contributed by atoms with Crippen molar-refractivity contribution in [2.75, 3.05) is 13.2 Å². The third-order valence-corrected chi connectivity index (χ3v) is 5.19. The lowest BCUT2D eigenvalue weighted by molar-refractivity contribution is -0.123. The average Bonchev–Trinajstić information content (AvgIpc) is 3.18. The van der Waals surface area contributed by atoms with Crippen LogP contribution < -0.4 is 16.2 Å². The van der Waals surface area contributed by atoms with Crippen LogP contribution in [-0.4, -0.2) is 40.6 Å². The fourth-order valence-electron chi connectivity index (χ4n) is 2.83. The Morgan fingerprint density at radius 2 is 2.12 bits per heavy atom. The number of aromatic nitrogens is 2. The maximum Gasteiger partial charge on any atom is 0.349 e. The van der Waals surface area contributed by atoms with E-state index in [2.05, 4.69) is 10.3 Å². The summed E-state index contributed by atoms with van der Waals surface area (Å²) in [5, 5.41) is 4.85. The number of fused-ring (bicyclic) bond motifs is 2. The van der Waals surface area contributed by atoms with Gasteiger partial charge in [0.1, 0.15) is 15.5 Å². The maximum absolute atomic E-state index is 12.6. The van der Waals surface area contributed by atoms with E-state index in [4.69, 9.17) is 4.74 Å². The molecule has 9 nitrogen and oxygen atoms in total. The fraction of sp³-hybridized carbons (Fsp3) is 0.438. The van der Waals surface area contributed by atoms with Gasteiger partial charge >= 0.3 is 12.0 Å². The van der Waals surface area contributed by atoms with Crippen LogP contribution in [0.1, 0.15) is 34.4 Å². The van der Waals surface area contributed by atoms with Crippen LogP contribution in [0, 0.1) is 6.92 Å². The summed E-state index contributed by atoms with van der Waals surface area (Å²) in [6, 6.07) is -0.654. The Hall–Kier alpha value is -2.75. The molecule has 26 heavy (non-hydrogen) atoms. The first-order valence-electron chi connectivity index (χ1n) is 8.20. The van der Waals surface area contributed by atoms with E-state index in [0.717, 1.165) is 30.0 Å². The minimum Gasteiger partial charge on any atom is -0.451 e. The number of aryl methyl sites for hydroxylation is 2. The molecule has 3 amide bonds. The van der Waals surface area contributed by atoms with Gasteiger partial charge in [0.2, 0.25) is 0 Å². The lowest BCUT2D eigenvalue weighted by atomic mass is 10.2. The molecule has 1 aliphatic rings. The summed E-state index contributed by atoms with van der Waals surface area (Å²) in [5.41, 5.74) is 0.350. The van der Waals surface area contributed by atoms with E-state index in [9.17, 15) is 19.2 Å². The molecule has 0 fully saturated rings. The second-order valence-corrected chi connectivity index (χ2v) is 6.81. The number of hydrogen-bond donors (Lipinski definition) is 2. The molecule has 3 rings (SSSR count). The number of ether oxygens (including phenoxy) is 1. The Morgan fingerprint density at radius 3 is 2.85 bits per heavy atom. The summed E-state index contributed by atoms with van der Waals surface area (Å²) < 4.78 is 6.60. The summed E-state index contributed by atoms with van der Waals surface area (Å²) in [6.45, 7) is 3.78. The second kappa shape index (κ2) is 7.24. The van der Waals surface area contributed by atoms with E-state index >= 15 is 0 Å². The normalized spacial score (nSPS) is 12.7. The van der Waals surface area contributed by atoms with E-state index in [1.807, 2.05) is 5.32 Å². The Balaban J connectivity index is 1.76. The van der Waals surface area contributed by atoms with Gasteiger partial charge in [0.25, 0.3) is 11.5 Å². The quantitative estimate of drug-likeness (QED) is 0.757. The molecule has 0 spiro atoms. The number of carbonyl (C=O) groups excluding carboxylic acids is 3. The van der Waals surface area contributed by atoms with Crippen molar-refractivity contribution in [3.63, 3.8) is 0 Å². The molecule has 0 radical (unpaired) electrons. The molecule has 1 aliphatic heterocycles. The van der Waals surface area contributed by atoms with Gasteiger partial charge < -0.3 is 10.1 Å². The molecule has 0 unspecified atom stereocenters. The average molecular weight is 378 g/mol. The van der Waals surface area contributed by atoms with Gasteiger partial charge in [-0.15, -0.1) is 11.3 Å². The highest BCUT2D eigenvalue weighted by Crippen LogP contribution is 2.29. The SMILES string of the molecule is CCNC(=O)NC(=O)COC(=O)c1sc2nc3n(c(=O)c2c1C)CCC3. The predicted octanol–water partition coefficient (Wildman–Crippen LogP) is 0.715. The number of nitrogens with zero attached hydrogens (tertiary/aromatic N) is 2. The van der Waals surface area contributed by atoms with Gasteiger partial charge in [0.05, 0.1) is 5.39 Å². The van der Waals surface area contributed by atoms with Gasteiger partial charge in [-0.25, -0.2) is 14.6 Å². The molecular weight excluding hydrogens is 360 g/mol. The number of nitrogens with one attached hydrogen (secondary N) is 2. The van der Waals surface area contributed by atoms with Crippen LogP contribution in [0.25, 0.3) is 10.2 Å². The Bertz CT molecular complexity index is 962. The number of amides is 3. The topological polar surface area (TPSA) is 119 Å². The number of carbonyl (C=O) groups is 3. The third-order valence-electron chi connectivity index (χ3n) is 4.02. The molecule has 0 aromatic carbocycles. The van der Waals surface area contributed by atoms with Crippen LogP contribution in [-0.2, 0) is 22.5 Å². The molecule has 2 aromatic rings. The van der Waals surface area contributed by atoms with Crippen LogP contribution in [0.4, 0.5) is 4.79 Å². The first-order valence-corrected chi connectivity index (χ1v) is 9.01. The molecule has 10 heteroatoms. The number of rotatable bonds is 4. The zero-order valence-electron chi connectivity index (χ0n) is 14.4. The zero-order chi connectivity index (χ0) is 18.8. The largest absolute Gasteiger partial charge is 0.451 e. The van der Waals surface area contributed by atoms with Crippen molar-refractivity contribution in [1.29, 1.82) is 0 Å². The van der Waals surface area contributed by atoms with Crippen molar-refractivity contribution in [2.45, 2.75) is 33.2 Å². The highest BCUT2D eigenvalue weighted by molar-refractivity contribution is 7.20. The number of hydrogen-bond acceptors (Lipinski definition) is 7. The fourth-order valence-corrected chi connectivity index (χ4v) is 3.92. The van der Waals surface area contributed by atoms with E-state index in [1.54, 1.807) is 18.4 Å². The summed E-state index contributed by atoms with van der Waals surface area (Å²) >= 11 is 1.08. The number of urea groups is 1. The molecule has 0 atom stereocenters. The van der Waals surface area contributed by atoms with Crippen LogP contribution in [0.15, 0.2) is 4.79 Å². The monoisotopic (exact) mass is 378 g/mol. The lowest BCUT2D eigenvalue weighted by Gasteiger charge is -2.05. The Labute approximate surface area is 152 Å². The minimum atomic E-state index is -0.736. The summed E-state index contributed by atoms with van der Waals surface area (Å²) in [6.07, 6.45) is 1.62. The molecule has 3 heterocycles. The van der Waals surface area contributed by atoms with Crippen molar-refractivity contribution in [2.24, 2.45) is 0 Å². The van der Waals surface area contributed by atoms with Gasteiger partial charge in [-0.3, -0.25) is 19.5 Å². The number of thiophene rings is 1. The molecule has 2 aromatic heterocycles. The van der Waals surface area contributed by atoms with Gasteiger partial charge in [-0.2, -0.15) is 0 Å². The molecule has 0 bridgehead atoms. The molecule has 0 aliphatic carbocycles. The van der Waals surface area contributed by atoms with E-state index in [1.165, 1.54) is 0 Å². The zero-order valence-corrected chi connectivity index (χ0v) is 15.2. The number of imide groups is 1. The van der Waals surface area contributed by atoms with E-state index in [0.29, 0.717) is 28.9 Å². The summed E-state index contributed by atoms with van der Waals surface area (Å²) in [4.78, 5) is 52.9. The van der Waals surface area contributed by atoms with Crippen LogP contribution in [0.5, 0.6) is 0 Å². The van der Waals surface area contributed by atoms with Crippen LogP contribution >= 0.6 is 11.3 Å². The lowest BCUT2D eigenvalue weighted by Crippen LogP contribution is -2.41. The first-order chi connectivity index (χ1) is 12.4. The molecule has 0 saturated heterocycles. The van der Waals surface area contributed by atoms with Gasteiger partial charge in [0.15, 0.2) is 6.61 Å². The number of esters is 1. The standard InChI is InChI=1S/C16H18N4O5S/c1-3-17-16(24)19-10(21)7-25-15(23)12-8(2)11-13(26-12)18-9-5-4-6-20(9)14(11)22/h3-7H2,1-2H3,(H2,17,19,21,24).